The summed E-state index contributed by atoms with van der Waals surface area (Å²) >= 11 is 0. The van der Waals surface area contributed by atoms with Crippen LogP contribution in [0.4, 0.5) is 0 Å². The lowest BCUT2D eigenvalue weighted by atomic mass is 10.1. The van der Waals surface area contributed by atoms with Gasteiger partial charge < -0.3 is 14.6 Å². The molecule has 0 aromatic heterocycles. The van der Waals surface area contributed by atoms with Gasteiger partial charge in [0.15, 0.2) is 6.23 Å². The van der Waals surface area contributed by atoms with E-state index in [2.05, 4.69) is 5.32 Å². The van der Waals surface area contributed by atoms with E-state index in [4.69, 9.17) is 9.47 Å². The van der Waals surface area contributed by atoms with E-state index in [0.29, 0.717) is 24.5 Å². The second-order valence-corrected chi connectivity index (χ2v) is 9.07. The molecular weight excluding hydrogens is 450 g/mol. The quantitative estimate of drug-likeness (QED) is 0.431. The van der Waals surface area contributed by atoms with Gasteiger partial charge in [-0.15, -0.1) is 12.4 Å². The third-order valence-corrected chi connectivity index (χ3v) is 6.56. The molecule has 0 saturated carbocycles. The van der Waals surface area contributed by atoms with E-state index >= 15 is 0 Å². The second kappa shape index (κ2) is 11.9. The van der Waals surface area contributed by atoms with Gasteiger partial charge in [0.1, 0.15) is 17.6 Å². The molecule has 0 amide bonds. The molecule has 3 aromatic rings. The number of hydrogen-bond acceptors (Lipinski definition) is 6. The van der Waals surface area contributed by atoms with E-state index in [1.807, 2.05) is 30.3 Å². The van der Waals surface area contributed by atoms with Gasteiger partial charge in [-0.3, -0.25) is 5.32 Å². The Labute approximate surface area is 195 Å². The molecule has 2 atom stereocenters. The van der Waals surface area contributed by atoms with Crippen molar-refractivity contribution in [1.82, 2.24) is 5.32 Å². The number of aliphatic hydroxyl groups excluding tert-OH is 1. The van der Waals surface area contributed by atoms with Gasteiger partial charge in [-0.25, -0.2) is 8.42 Å². The fourth-order valence-corrected chi connectivity index (χ4v) is 4.35. The molecule has 0 radical (unpaired) electrons. The van der Waals surface area contributed by atoms with Crippen molar-refractivity contribution in [3.05, 3.63) is 84.4 Å². The highest BCUT2D eigenvalue weighted by molar-refractivity contribution is 7.91. The Morgan fingerprint density at radius 1 is 0.906 bits per heavy atom. The standard InChI is InChI=1S/C24H27NO5S.ClH/c1-18(26)24(30-20-7-4-3-5-8-20)25-16-15-19-11-13-22(14-12-19)31(27,28)23-10-6-9-21(17-23)29-2;/h3-14,17-18,24-26H,15-16H2,1-2H3;1H. The monoisotopic (exact) mass is 477 g/mol. The molecular formula is C24H28ClNO5S. The predicted molar refractivity (Wildman–Crippen MR) is 126 cm³/mol. The molecule has 3 rings (SSSR count). The van der Waals surface area contributed by atoms with Crippen molar-refractivity contribution < 1.29 is 23.0 Å². The van der Waals surface area contributed by atoms with Crippen molar-refractivity contribution >= 4 is 22.2 Å². The summed E-state index contributed by atoms with van der Waals surface area (Å²) in [5.74, 6) is 1.17. The zero-order chi connectivity index (χ0) is 22.3. The first-order chi connectivity index (χ1) is 14.9. The first-order valence-corrected chi connectivity index (χ1v) is 11.5. The maximum absolute atomic E-state index is 12.9. The Bertz CT molecular complexity index is 1070. The Hall–Kier alpha value is -2.58. The number of sulfone groups is 1. The SMILES string of the molecule is COc1cccc(S(=O)(=O)c2ccc(CCNC(Oc3ccccc3)C(C)O)cc2)c1.Cl. The maximum atomic E-state index is 12.9. The van der Waals surface area contributed by atoms with E-state index in [1.165, 1.54) is 13.2 Å². The van der Waals surface area contributed by atoms with Gasteiger partial charge in [-0.1, -0.05) is 36.4 Å². The Kier molecular flexibility index (Phi) is 9.53. The van der Waals surface area contributed by atoms with Crippen LogP contribution in [0.5, 0.6) is 11.5 Å². The third-order valence-electron chi connectivity index (χ3n) is 4.79. The number of halogens is 1. The van der Waals surface area contributed by atoms with Gasteiger partial charge in [0, 0.05) is 6.54 Å². The highest BCUT2D eigenvalue weighted by Gasteiger charge is 2.19. The van der Waals surface area contributed by atoms with E-state index in [-0.39, 0.29) is 22.2 Å². The lowest BCUT2D eigenvalue weighted by Crippen LogP contribution is -2.43. The molecule has 8 heteroatoms. The highest BCUT2D eigenvalue weighted by Crippen LogP contribution is 2.24. The number of benzene rings is 3. The maximum Gasteiger partial charge on any atom is 0.206 e. The largest absolute Gasteiger partial charge is 0.497 e. The minimum Gasteiger partial charge on any atom is -0.497 e. The lowest BCUT2D eigenvalue weighted by molar-refractivity contribution is 0.0274. The summed E-state index contributed by atoms with van der Waals surface area (Å²) in [4.78, 5) is 0.422. The number of hydrogen-bond donors (Lipinski definition) is 2. The predicted octanol–water partition coefficient (Wildman–Crippen LogP) is 3.87. The molecule has 0 spiro atoms. The highest BCUT2D eigenvalue weighted by atomic mass is 35.5. The van der Waals surface area contributed by atoms with Crippen molar-refractivity contribution in [1.29, 1.82) is 0 Å². The van der Waals surface area contributed by atoms with Crippen molar-refractivity contribution in [2.45, 2.75) is 35.5 Å². The molecule has 172 valence electrons. The van der Waals surface area contributed by atoms with Crippen molar-refractivity contribution in [2.24, 2.45) is 0 Å². The fourth-order valence-electron chi connectivity index (χ4n) is 3.05. The van der Waals surface area contributed by atoms with Crippen LogP contribution in [0.1, 0.15) is 12.5 Å². The summed E-state index contributed by atoms with van der Waals surface area (Å²) in [6.45, 7) is 2.23. The molecule has 0 saturated heterocycles. The minimum absolute atomic E-state index is 0. The van der Waals surface area contributed by atoms with Crippen LogP contribution < -0.4 is 14.8 Å². The molecule has 3 aromatic carbocycles. The number of methoxy groups -OCH3 is 1. The van der Waals surface area contributed by atoms with Crippen LogP contribution in [0.3, 0.4) is 0 Å². The van der Waals surface area contributed by atoms with Gasteiger partial charge in [-0.05, 0) is 61.4 Å². The lowest BCUT2D eigenvalue weighted by Gasteiger charge is -2.23. The molecule has 0 heterocycles. The third kappa shape index (κ3) is 6.71. The summed E-state index contributed by atoms with van der Waals surface area (Å²) in [7, 11) is -2.12. The van der Waals surface area contributed by atoms with Crippen LogP contribution in [-0.4, -0.2) is 39.5 Å². The van der Waals surface area contributed by atoms with Crippen LogP contribution in [0.15, 0.2) is 88.7 Å². The van der Waals surface area contributed by atoms with E-state index in [0.717, 1.165) is 5.56 Å². The van der Waals surface area contributed by atoms with Crippen molar-refractivity contribution in [3.8, 4) is 11.5 Å². The molecule has 2 unspecified atom stereocenters. The normalized spacial score (nSPS) is 13.0. The van der Waals surface area contributed by atoms with E-state index in [1.54, 1.807) is 49.4 Å². The molecule has 0 aliphatic carbocycles. The molecule has 2 N–H and O–H groups in total. The topological polar surface area (TPSA) is 84.9 Å². The fraction of sp³-hybridized carbons (Fsp3) is 0.250. The number of aliphatic hydroxyl groups is 1. The zero-order valence-corrected chi connectivity index (χ0v) is 19.6. The van der Waals surface area contributed by atoms with Crippen LogP contribution in [0, 0.1) is 0 Å². The van der Waals surface area contributed by atoms with Gasteiger partial charge in [0.25, 0.3) is 0 Å². The number of ether oxygens (including phenoxy) is 2. The van der Waals surface area contributed by atoms with Crippen LogP contribution in [0.25, 0.3) is 0 Å². The first-order valence-electron chi connectivity index (χ1n) is 10.0. The average molecular weight is 478 g/mol. The molecule has 0 bridgehead atoms. The zero-order valence-electron chi connectivity index (χ0n) is 18.0. The molecule has 0 aliphatic rings. The van der Waals surface area contributed by atoms with E-state index < -0.39 is 22.2 Å². The summed E-state index contributed by atoms with van der Waals surface area (Å²) in [5, 5.41) is 13.2. The van der Waals surface area contributed by atoms with Crippen molar-refractivity contribution in [3.63, 3.8) is 0 Å². The molecule has 0 aliphatic heterocycles. The number of rotatable bonds is 10. The van der Waals surface area contributed by atoms with Gasteiger partial charge in [0.2, 0.25) is 9.84 Å². The van der Waals surface area contributed by atoms with Gasteiger partial charge in [-0.2, -0.15) is 0 Å². The van der Waals surface area contributed by atoms with Crippen LogP contribution in [-0.2, 0) is 16.3 Å². The number of nitrogens with one attached hydrogen (secondary N) is 1. The van der Waals surface area contributed by atoms with E-state index in [9.17, 15) is 13.5 Å². The van der Waals surface area contributed by atoms with Crippen LogP contribution in [0.2, 0.25) is 0 Å². The Balaban J connectivity index is 0.00000363. The molecule has 32 heavy (non-hydrogen) atoms. The molecule has 0 fully saturated rings. The van der Waals surface area contributed by atoms with Gasteiger partial charge in [0.05, 0.1) is 16.9 Å². The summed E-state index contributed by atoms with van der Waals surface area (Å²) < 4.78 is 36.6. The Morgan fingerprint density at radius 2 is 1.56 bits per heavy atom. The summed E-state index contributed by atoms with van der Waals surface area (Å²) in [6, 6.07) is 22.5. The minimum atomic E-state index is -3.62. The smallest absolute Gasteiger partial charge is 0.206 e. The van der Waals surface area contributed by atoms with Crippen molar-refractivity contribution in [2.75, 3.05) is 13.7 Å². The summed E-state index contributed by atoms with van der Waals surface area (Å²) in [6.07, 6.45) is -0.591. The second-order valence-electron chi connectivity index (χ2n) is 7.12. The Morgan fingerprint density at radius 3 is 2.19 bits per heavy atom. The molecule has 6 nitrogen and oxygen atoms in total. The van der Waals surface area contributed by atoms with Gasteiger partial charge >= 0.3 is 0 Å². The first kappa shape index (κ1) is 25.7. The average Bonchev–Trinajstić information content (AvgIpc) is 2.79. The van der Waals surface area contributed by atoms with Crippen LogP contribution >= 0.6 is 12.4 Å². The summed E-state index contributed by atoms with van der Waals surface area (Å²) in [5.41, 5.74) is 0.973. The number of para-hydroxylation sites is 1.